The number of nitrogens with one attached hydrogen (secondary N) is 4. The van der Waals surface area contributed by atoms with Gasteiger partial charge in [0.25, 0.3) is 11.8 Å². The van der Waals surface area contributed by atoms with Crippen molar-refractivity contribution in [3.63, 3.8) is 0 Å². The molecule has 6 saturated heterocycles. The Kier molecular flexibility index (Phi) is 21.0. The van der Waals surface area contributed by atoms with Crippen LogP contribution in [0.1, 0.15) is 132 Å². The fraction of sp³-hybridized carbons (Fsp3) is 0.541. The van der Waals surface area contributed by atoms with Gasteiger partial charge in [0.2, 0.25) is 20.0 Å². The van der Waals surface area contributed by atoms with E-state index in [1.165, 1.54) is 30.3 Å². The maximum Gasteiger partial charge on any atom is 0.407 e. The minimum Gasteiger partial charge on any atom is -0.444 e. The molecular weight excluding hydrogens is 1320 g/mol. The molecule has 6 aromatic rings. The molecule has 4 aromatic heterocycles. The number of alkyl carbamates (subject to hydrolysis) is 2. The molecule has 0 unspecified atom stereocenters. The first-order valence-corrected chi connectivity index (χ1v) is 35.3. The van der Waals surface area contributed by atoms with E-state index >= 15 is 0 Å². The molecule has 33 heteroatoms. The fourth-order valence-electron chi connectivity index (χ4n) is 12.1. The normalized spacial score (nSPS) is 19.1. The lowest BCUT2D eigenvalue weighted by molar-refractivity contribution is 0.0484. The molecular formula is C61H85Cl3N18O10S2. The summed E-state index contributed by atoms with van der Waals surface area (Å²) in [6.45, 7) is 16.9. The molecule has 94 heavy (non-hydrogen) atoms. The van der Waals surface area contributed by atoms with Crippen LogP contribution in [-0.4, -0.2) is 193 Å². The van der Waals surface area contributed by atoms with Gasteiger partial charge in [-0.3, -0.25) is 19.0 Å². The number of ether oxygens (including phenoxy) is 2. The molecule has 0 saturated carbocycles. The zero-order chi connectivity index (χ0) is 65.9. The van der Waals surface area contributed by atoms with Crippen LogP contribution in [0.5, 0.6) is 0 Å². The van der Waals surface area contributed by atoms with Crippen LogP contribution in [0.2, 0.25) is 10.0 Å². The highest BCUT2D eigenvalue weighted by Crippen LogP contribution is 2.39. The largest absolute Gasteiger partial charge is 0.444 e. The van der Waals surface area contributed by atoms with E-state index in [9.17, 15) is 36.0 Å². The lowest BCUT2D eigenvalue weighted by Crippen LogP contribution is -2.61. The Morgan fingerprint density at radius 1 is 0.543 bits per heavy atom. The highest BCUT2D eigenvalue weighted by atomic mass is 35.5. The predicted octanol–water partition coefficient (Wildman–Crippen LogP) is 7.02. The van der Waals surface area contributed by atoms with Crippen molar-refractivity contribution in [3.05, 3.63) is 93.2 Å². The number of sulfonamides is 2. The van der Waals surface area contributed by atoms with E-state index in [-0.39, 0.29) is 84.4 Å². The van der Waals surface area contributed by atoms with Crippen LogP contribution < -0.4 is 51.1 Å². The van der Waals surface area contributed by atoms with E-state index in [0.717, 1.165) is 93.9 Å². The van der Waals surface area contributed by atoms with Gasteiger partial charge in [-0.15, -0.1) is 12.4 Å². The summed E-state index contributed by atoms with van der Waals surface area (Å²) in [5.74, 6) is 2.53. The number of likely N-dealkylation sites (tertiary alicyclic amines) is 2. The molecule has 0 aliphatic carbocycles. The Morgan fingerprint density at radius 3 is 1.28 bits per heavy atom. The number of halogens is 3. The molecule has 4 amide bonds. The van der Waals surface area contributed by atoms with Crippen molar-refractivity contribution in [2.24, 2.45) is 11.5 Å². The van der Waals surface area contributed by atoms with Crippen molar-refractivity contribution in [1.29, 1.82) is 0 Å². The first-order valence-electron chi connectivity index (χ1n) is 30.7. The average Bonchev–Trinajstić information content (AvgIpc) is 1.53. The Balaban J connectivity index is 0.000000226. The number of fused-ring (bicyclic) bond motifs is 2. The lowest BCUT2D eigenvalue weighted by Gasteiger charge is -2.43. The van der Waals surface area contributed by atoms with Gasteiger partial charge in [0, 0.05) is 112 Å². The SMILES string of the molecule is C.CC(C)(C)OC(=O)NC1CN(c2cc(N3CC(NC(=O)OC(C)(C)C)C3)n3nc([C@@H]4CCCCN4C(=O)c4cc(Cl)ccc4NS(C)(=O)=O)cc3n2)C1.CS(=O)(=O)Nc1ccc(Cl)cc1C(=O)N1CCCC[C@H]1c1cc2nc(N3CC(N)C3)cc(N3CC(N)C3)n2n1.Cl. The fourth-order valence-corrected chi connectivity index (χ4v) is 13.6. The average molecular weight is 1400 g/mol. The number of amides is 4. The minimum absolute atomic E-state index is 0. The van der Waals surface area contributed by atoms with Gasteiger partial charge in [-0.2, -0.15) is 19.2 Å². The smallest absolute Gasteiger partial charge is 0.407 e. The molecule has 12 rings (SSSR count). The first-order chi connectivity index (χ1) is 43.3. The molecule has 2 aromatic carbocycles. The number of anilines is 6. The van der Waals surface area contributed by atoms with Gasteiger partial charge in [0.15, 0.2) is 11.3 Å². The van der Waals surface area contributed by atoms with E-state index in [0.29, 0.717) is 78.5 Å². The Bertz CT molecular complexity index is 4050. The number of nitrogens with zero attached hydrogens (tertiary/aromatic N) is 12. The molecule has 10 heterocycles. The van der Waals surface area contributed by atoms with Gasteiger partial charge in [-0.1, -0.05) is 30.6 Å². The number of nitrogens with two attached hydrogens (primary N) is 2. The second-order valence-electron chi connectivity index (χ2n) is 26.6. The molecule has 6 fully saturated rings. The van der Waals surface area contributed by atoms with Crippen molar-refractivity contribution in [3.8, 4) is 0 Å². The third-order valence-electron chi connectivity index (χ3n) is 16.4. The molecule has 8 N–H and O–H groups in total. The van der Waals surface area contributed by atoms with Gasteiger partial charge < -0.3 is 61.0 Å². The monoisotopic (exact) mass is 1400 g/mol. The van der Waals surface area contributed by atoms with E-state index in [1.54, 1.807) is 20.4 Å². The third-order valence-corrected chi connectivity index (χ3v) is 18.0. The second-order valence-corrected chi connectivity index (χ2v) is 31.0. The number of aromatic nitrogens is 6. The summed E-state index contributed by atoms with van der Waals surface area (Å²) in [4.78, 5) is 74.7. The van der Waals surface area contributed by atoms with Crippen molar-refractivity contribution in [2.45, 2.75) is 135 Å². The number of carbonyl (C=O) groups is 4. The Morgan fingerprint density at radius 2 is 0.904 bits per heavy atom. The second kappa shape index (κ2) is 27.8. The van der Waals surface area contributed by atoms with Crippen LogP contribution in [0.4, 0.5) is 44.2 Å². The zero-order valence-corrected chi connectivity index (χ0v) is 57.1. The highest BCUT2D eigenvalue weighted by Gasteiger charge is 2.39. The quantitative estimate of drug-likeness (QED) is 0.0638. The number of carbonyl (C=O) groups excluding carboxylic acids is 4. The summed E-state index contributed by atoms with van der Waals surface area (Å²) in [7, 11) is -7.27. The van der Waals surface area contributed by atoms with Crippen molar-refractivity contribution in [1.82, 2.24) is 49.6 Å². The minimum atomic E-state index is -3.67. The molecule has 6 aliphatic heterocycles. The molecule has 512 valence electrons. The molecule has 28 nitrogen and oxygen atoms in total. The summed E-state index contributed by atoms with van der Waals surface area (Å²) < 4.78 is 67.6. The lowest BCUT2D eigenvalue weighted by atomic mass is 9.98. The summed E-state index contributed by atoms with van der Waals surface area (Å²) in [6, 6.07) is 16.1. The van der Waals surface area contributed by atoms with Gasteiger partial charge in [0.1, 0.15) is 34.5 Å². The summed E-state index contributed by atoms with van der Waals surface area (Å²) >= 11 is 12.5. The molecule has 0 spiro atoms. The van der Waals surface area contributed by atoms with Crippen LogP contribution in [0.25, 0.3) is 11.3 Å². The zero-order valence-electron chi connectivity index (χ0n) is 53.1. The third kappa shape index (κ3) is 16.6. The molecule has 0 radical (unpaired) electrons. The number of hydrogen-bond acceptors (Lipinski definition) is 20. The van der Waals surface area contributed by atoms with E-state index in [1.807, 2.05) is 70.3 Å². The maximum absolute atomic E-state index is 14.2. The van der Waals surface area contributed by atoms with Crippen LogP contribution >= 0.6 is 35.6 Å². The van der Waals surface area contributed by atoms with E-state index < -0.39 is 49.5 Å². The molecule has 0 bridgehead atoms. The van der Waals surface area contributed by atoms with Gasteiger partial charge in [0.05, 0.1) is 70.6 Å². The Hall–Kier alpha value is -7.35. The van der Waals surface area contributed by atoms with Crippen LogP contribution in [0.3, 0.4) is 0 Å². The van der Waals surface area contributed by atoms with Gasteiger partial charge in [-0.25, -0.2) is 36.4 Å². The summed E-state index contributed by atoms with van der Waals surface area (Å²) in [5, 5.41) is 16.4. The Labute approximate surface area is 564 Å². The maximum atomic E-state index is 14.2. The van der Waals surface area contributed by atoms with Crippen LogP contribution in [0.15, 0.2) is 60.7 Å². The van der Waals surface area contributed by atoms with E-state index in [2.05, 4.69) is 39.7 Å². The molecule has 6 aliphatic rings. The summed E-state index contributed by atoms with van der Waals surface area (Å²) in [6.07, 6.45) is 5.89. The summed E-state index contributed by atoms with van der Waals surface area (Å²) in [5.41, 5.74) is 14.2. The molecule has 2 atom stereocenters. The number of hydrogen-bond donors (Lipinski definition) is 6. The standard InChI is InChI=1S/C35H48ClN9O7S.C25H32ClN9O3S.CH4.ClH/c1-34(2,3)51-32(47)37-22-17-42(18-22)28-16-30(43-19-23(20-43)38-33(48)52-35(4,5)6)45-29(39-28)15-26(40-45)27-10-8-9-13-44(27)31(46)24-14-21(36)11-12-25(24)41-53(7,49)50;1-39(37,38)31-19-6-5-15(26)8-18(19)25(36)34-7-3-2-4-21(34)20-9-23-29-22(32-11-16(27)12-32)10-24(35(23)30-20)33-13-17(28)14-33;;/h11-12,14-16,22-23,27,41H,8-10,13,17-20H2,1-7H3,(H,37,47)(H,38,48);5-6,8-10,16-17,21,31H,2-4,7,11-14,27-28H2,1H3;1H4;1H/t27-;21-;;/m00../s1. The highest BCUT2D eigenvalue weighted by molar-refractivity contribution is 7.92. The van der Waals surface area contributed by atoms with Crippen LogP contribution in [-0.2, 0) is 29.5 Å². The van der Waals surface area contributed by atoms with Crippen molar-refractivity contribution < 1.29 is 45.5 Å². The van der Waals surface area contributed by atoms with Crippen molar-refractivity contribution >= 4 is 126 Å². The van der Waals surface area contributed by atoms with E-state index in [4.69, 9.17) is 64.3 Å². The number of benzene rings is 2. The van der Waals surface area contributed by atoms with Crippen molar-refractivity contribution in [2.75, 3.05) is 107 Å². The number of piperidine rings is 2. The topological polar surface area (TPSA) is 335 Å². The van der Waals surface area contributed by atoms with Gasteiger partial charge in [-0.05, 0) is 116 Å². The first kappa shape index (κ1) is 71.0. The van der Waals surface area contributed by atoms with Crippen LogP contribution in [0, 0.1) is 0 Å². The predicted molar refractivity (Wildman–Crippen MR) is 366 cm³/mol. The number of rotatable bonds is 14. The van der Waals surface area contributed by atoms with Gasteiger partial charge >= 0.3 is 12.2 Å².